The van der Waals surface area contributed by atoms with E-state index in [1.165, 1.54) is 97.3 Å². The summed E-state index contributed by atoms with van der Waals surface area (Å²) in [6.07, 6.45) is 10.1. The van der Waals surface area contributed by atoms with Crippen LogP contribution in [0.4, 0.5) is 0 Å². The molecule has 3 nitrogen and oxygen atoms in total. The first-order valence-corrected chi connectivity index (χ1v) is 9.54. The lowest BCUT2D eigenvalue weighted by Gasteiger charge is -2.44. The molecule has 0 aliphatic carbocycles. The first-order chi connectivity index (χ1) is 10.3. The van der Waals surface area contributed by atoms with Gasteiger partial charge in [0.15, 0.2) is 0 Å². The van der Waals surface area contributed by atoms with Crippen molar-refractivity contribution in [2.24, 2.45) is 5.92 Å². The summed E-state index contributed by atoms with van der Waals surface area (Å²) < 4.78 is 0. The van der Waals surface area contributed by atoms with Crippen molar-refractivity contribution in [3.8, 4) is 0 Å². The molecule has 0 aromatic rings. The fourth-order valence-electron chi connectivity index (χ4n) is 4.70. The zero-order valence-corrected chi connectivity index (χ0v) is 14.1. The average Bonchev–Trinajstić information content (AvgIpc) is 2.56. The maximum Gasteiger partial charge on any atom is 0.0223 e. The van der Waals surface area contributed by atoms with Crippen molar-refractivity contribution in [3.05, 3.63) is 0 Å². The first kappa shape index (κ1) is 15.8. The van der Waals surface area contributed by atoms with Gasteiger partial charge in [0.25, 0.3) is 0 Å². The molecule has 3 aliphatic heterocycles. The van der Waals surface area contributed by atoms with Gasteiger partial charge in [0.1, 0.15) is 0 Å². The Morgan fingerprint density at radius 3 is 2.33 bits per heavy atom. The number of hydrogen-bond donors (Lipinski definition) is 0. The Bertz CT molecular complexity index is 301. The molecular weight excluding hydrogens is 258 g/mol. The normalized spacial score (nSPS) is 34.1. The molecule has 2 unspecified atom stereocenters. The van der Waals surface area contributed by atoms with Crippen LogP contribution in [0.2, 0.25) is 0 Å². The number of rotatable bonds is 4. The topological polar surface area (TPSA) is 9.72 Å². The number of likely N-dealkylation sites (tertiary alicyclic amines) is 3. The fourth-order valence-corrected chi connectivity index (χ4v) is 4.70. The van der Waals surface area contributed by atoms with E-state index in [4.69, 9.17) is 0 Å². The third-order valence-corrected chi connectivity index (χ3v) is 5.96. The summed E-state index contributed by atoms with van der Waals surface area (Å²) in [4.78, 5) is 8.25. The molecule has 3 heteroatoms. The predicted molar refractivity (Wildman–Crippen MR) is 89.7 cm³/mol. The Balaban J connectivity index is 1.48. The molecule has 0 bridgehead atoms. The van der Waals surface area contributed by atoms with Crippen LogP contribution in [0, 0.1) is 5.92 Å². The highest BCUT2D eigenvalue weighted by Gasteiger charge is 2.29. The first-order valence-electron chi connectivity index (χ1n) is 9.54. The monoisotopic (exact) mass is 293 g/mol. The van der Waals surface area contributed by atoms with Crippen molar-refractivity contribution >= 4 is 0 Å². The number of likely N-dealkylation sites (N-methyl/N-ethyl adjacent to an activating group) is 1. The van der Waals surface area contributed by atoms with E-state index in [2.05, 4.69) is 21.6 Å². The fraction of sp³-hybridized carbons (Fsp3) is 1.00. The van der Waals surface area contributed by atoms with E-state index in [1.54, 1.807) is 0 Å². The van der Waals surface area contributed by atoms with Crippen LogP contribution in [-0.2, 0) is 0 Å². The molecule has 0 spiro atoms. The Morgan fingerprint density at radius 1 is 0.762 bits per heavy atom. The molecule has 122 valence electrons. The van der Waals surface area contributed by atoms with Gasteiger partial charge in [-0.1, -0.05) is 13.3 Å². The van der Waals surface area contributed by atoms with E-state index >= 15 is 0 Å². The highest BCUT2D eigenvalue weighted by molar-refractivity contribution is 4.85. The molecule has 3 aliphatic rings. The zero-order chi connectivity index (χ0) is 14.5. The highest BCUT2D eigenvalue weighted by Crippen LogP contribution is 2.24. The van der Waals surface area contributed by atoms with Gasteiger partial charge in [-0.15, -0.1) is 0 Å². The third kappa shape index (κ3) is 4.43. The SMILES string of the molecule is CCN1CCCC(N2CCCC(CN3CCCCC3)C2)C1. The number of nitrogens with zero attached hydrogens (tertiary/aromatic N) is 3. The molecule has 0 amide bonds. The summed E-state index contributed by atoms with van der Waals surface area (Å²) in [5.41, 5.74) is 0. The largest absolute Gasteiger partial charge is 0.303 e. The van der Waals surface area contributed by atoms with Crippen molar-refractivity contribution in [2.45, 2.75) is 57.9 Å². The van der Waals surface area contributed by atoms with Crippen LogP contribution in [0.3, 0.4) is 0 Å². The summed E-state index contributed by atoms with van der Waals surface area (Å²) in [7, 11) is 0. The van der Waals surface area contributed by atoms with Crippen molar-refractivity contribution in [1.82, 2.24) is 14.7 Å². The second-order valence-corrected chi connectivity index (χ2v) is 7.55. The molecular formula is C18H35N3. The Morgan fingerprint density at radius 2 is 1.52 bits per heavy atom. The summed E-state index contributed by atoms with van der Waals surface area (Å²) >= 11 is 0. The number of hydrogen-bond acceptors (Lipinski definition) is 3. The smallest absolute Gasteiger partial charge is 0.0223 e. The second-order valence-electron chi connectivity index (χ2n) is 7.55. The van der Waals surface area contributed by atoms with Gasteiger partial charge >= 0.3 is 0 Å². The van der Waals surface area contributed by atoms with Gasteiger partial charge in [-0.05, 0) is 77.2 Å². The van der Waals surface area contributed by atoms with E-state index in [1.807, 2.05) is 0 Å². The van der Waals surface area contributed by atoms with E-state index in [0.29, 0.717) is 0 Å². The average molecular weight is 293 g/mol. The van der Waals surface area contributed by atoms with E-state index in [-0.39, 0.29) is 0 Å². The van der Waals surface area contributed by atoms with Gasteiger partial charge in [0.05, 0.1) is 0 Å². The molecule has 0 radical (unpaired) electrons. The maximum absolute atomic E-state index is 2.85. The van der Waals surface area contributed by atoms with Crippen molar-refractivity contribution in [1.29, 1.82) is 0 Å². The summed E-state index contributed by atoms with van der Waals surface area (Å²) in [5, 5.41) is 0. The molecule has 3 heterocycles. The van der Waals surface area contributed by atoms with Gasteiger partial charge in [-0.25, -0.2) is 0 Å². The summed E-state index contributed by atoms with van der Waals surface area (Å²) in [5.74, 6) is 0.939. The minimum atomic E-state index is 0.850. The van der Waals surface area contributed by atoms with Crippen LogP contribution in [0.25, 0.3) is 0 Å². The Labute approximate surface area is 131 Å². The molecule has 3 fully saturated rings. The molecule has 3 saturated heterocycles. The van der Waals surface area contributed by atoms with Crippen molar-refractivity contribution in [3.63, 3.8) is 0 Å². The molecule has 2 atom stereocenters. The zero-order valence-electron chi connectivity index (χ0n) is 14.1. The molecule has 0 saturated carbocycles. The summed E-state index contributed by atoms with van der Waals surface area (Å²) in [6.45, 7) is 13.1. The minimum Gasteiger partial charge on any atom is -0.303 e. The Hall–Kier alpha value is -0.120. The van der Waals surface area contributed by atoms with E-state index in [0.717, 1.165) is 12.0 Å². The lowest BCUT2D eigenvalue weighted by molar-refractivity contribution is 0.0524. The summed E-state index contributed by atoms with van der Waals surface area (Å²) in [6, 6.07) is 0.850. The van der Waals surface area contributed by atoms with Gasteiger partial charge < -0.3 is 9.80 Å². The molecule has 0 N–H and O–H groups in total. The molecule has 3 rings (SSSR count). The van der Waals surface area contributed by atoms with Crippen LogP contribution < -0.4 is 0 Å². The third-order valence-electron chi connectivity index (χ3n) is 5.96. The number of piperidine rings is 3. The Kier molecular flexibility index (Phi) is 5.96. The van der Waals surface area contributed by atoms with E-state index < -0.39 is 0 Å². The van der Waals surface area contributed by atoms with Crippen LogP contribution >= 0.6 is 0 Å². The van der Waals surface area contributed by atoms with Gasteiger partial charge in [0.2, 0.25) is 0 Å². The molecule has 0 aromatic heterocycles. The second kappa shape index (κ2) is 7.94. The van der Waals surface area contributed by atoms with Crippen molar-refractivity contribution < 1.29 is 0 Å². The van der Waals surface area contributed by atoms with Gasteiger partial charge in [0, 0.05) is 25.7 Å². The quantitative estimate of drug-likeness (QED) is 0.789. The molecule has 0 aromatic carbocycles. The van der Waals surface area contributed by atoms with Gasteiger partial charge in [-0.2, -0.15) is 0 Å². The van der Waals surface area contributed by atoms with E-state index in [9.17, 15) is 0 Å². The standard InChI is InChI=1S/C18H35N3/c1-2-19-12-7-9-18(16-19)21-13-6-8-17(15-21)14-20-10-4-3-5-11-20/h17-18H,2-16H2,1H3. The van der Waals surface area contributed by atoms with Crippen LogP contribution in [-0.4, -0.2) is 73.1 Å². The van der Waals surface area contributed by atoms with Crippen LogP contribution in [0.1, 0.15) is 51.9 Å². The lowest BCUT2D eigenvalue weighted by atomic mass is 9.93. The maximum atomic E-state index is 2.85. The predicted octanol–water partition coefficient (Wildman–Crippen LogP) is 2.67. The van der Waals surface area contributed by atoms with Crippen LogP contribution in [0.15, 0.2) is 0 Å². The van der Waals surface area contributed by atoms with Crippen molar-refractivity contribution in [2.75, 3.05) is 52.4 Å². The molecule has 21 heavy (non-hydrogen) atoms. The lowest BCUT2D eigenvalue weighted by Crippen LogP contribution is -2.52. The highest BCUT2D eigenvalue weighted by atomic mass is 15.2. The van der Waals surface area contributed by atoms with Gasteiger partial charge in [-0.3, -0.25) is 4.90 Å². The van der Waals surface area contributed by atoms with Crippen LogP contribution in [0.5, 0.6) is 0 Å². The minimum absolute atomic E-state index is 0.850.